The Morgan fingerprint density at radius 1 is 0.667 bits per heavy atom. The number of nitrogens with one attached hydrogen (secondary N) is 4. The van der Waals surface area contributed by atoms with Gasteiger partial charge in [-0.25, -0.2) is 10.6 Å². The van der Waals surface area contributed by atoms with Crippen molar-refractivity contribution in [1.82, 2.24) is 20.7 Å². The summed E-state index contributed by atoms with van der Waals surface area (Å²) in [5, 5.41) is 10.7. The predicted octanol–water partition coefficient (Wildman–Crippen LogP) is 3.76. The van der Waals surface area contributed by atoms with Gasteiger partial charge in [0.25, 0.3) is 22.9 Å². The van der Waals surface area contributed by atoms with Crippen molar-refractivity contribution < 1.29 is 60.1 Å². The average Bonchev–Trinajstić information content (AvgIpc) is 3.03. The third kappa shape index (κ3) is 14.3. The minimum atomic E-state index is -4.82. The van der Waals surface area contributed by atoms with Crippen molar-refractivity contribution in [2.45, 2.75) is 26.6 Å². The van der Waals surface area contributed by atoms with E-state index in [-0.39, 0.29) is 22.3 Å². The highest BCUT2D eigenvalue weighted by atomic mass is 19.4. The van der Waals surface area contributed by atoms with Crippen molar-refractivity contribution >= 4 is 23.6 Å². The maximum absolute atomic E-state index is 12.1. The van der Waals surface area contributed by atoms with Crippen molar-refractivity contribution in [3.8, 4) is 11.5 Å². The molecule has 0 spiro atoms. The Bertz CT molecular complexity index is 1960. The van der Waals surface area contributed by atoms with Gasteiger partial charge in [0, 0.05) is 22.5 Å². The molecule has 2 heterocycles. The predicted molar refractivity (Wildman–Crippen MR) is 165 cm³/mol. The van der Waals surface area contributed by atoms with Gasteiger partial charge in [0.2, 0.25) is 0 Å². The molecule has 2 aromatic heterocycles. The number of aryl methyl sites for hydroxylation is 2. The number of pyridine rings is 2. The number of carboxylic acids is 1. The molecule has 272 valence electrons. The quantitative estimate of drug-likeness (QED) is 0.0507. The van der Waals surface area contributed by atoms with E-state index in [9.17, 15) is 55.1 Å². The number of hydrogen-bond acceptors (Lipinski definition) is 9. The molecule has 14 nitrogen and oxygen atoms in total. The van der Waals surface area contributed by atoms with Gasteiger partial charge in [0.05, 0.1) is 6.54 Å². The number of carbonyl (C=O) groups excluding carboxylic acids is 3. The largest absolute Gasteiger partial charge is 0.573 e. The zero-order valence-corrected chi connectivity index (χ0v) is 26.2. The fraction of sp³-hybridized carbons (Fsp3) is 0.161. The Balaban J connectivity index is 0.000000293. The van der Waals surface area contributed by atoms with Gasteiger partial charge in [-0.05, 0) is 86.6 Å². The zero-order valence-electron chi connectivity index (χ0n) is 26.2. The Hall–Kier alpha value is -6.44. The molecule has 7 N–H and O–H groups in total. The van der Waals surface area contributed by atoms with Crippen LogP contribution in [0.15, 0.2) is 82.4 Å². The number of benzene rings is 2. The van der Waals surface area contributed by atoms with Gasteiger partial charge >= 0.3 is 18.7 Å². The minimum absolute atomic E-state index is 0.0904. The maximum atomic E-state index is 12.1. The van der Waals surface area contributed by atoms with Crippen LogP contribution in [0.3, 0.4) is 0 Å². The summed E-state index contributed by atoms with van der Waals surface area (Å²) < 4.78 is 78.7. The van der Waals surface area contributed by atoms with Crippen molar-refractivity contribution in [3.05, 3.63) is 127 Å². The van der Waals surface area contributed by atoms with Gasteiger partial charge in [-0.1, -0.05) is 0 Å². The number of ketones is 1. The molecule has 0 aliphatic rings. The third-order valence-corrected chi connectivity index (χ3v) is 5.89. The Morgan fingerprint density at radius 3 is 1.45 bits per heavy atom. The lowest BCUT2D eigenvalue weighted by molar-refractivity contribution is -0.275. The third-order valence-electron chi connectivity index (χ3n) is 5.89. The smallest absolute Gasteiger partial charge is 0.477 e. The molecule has 0 saturated heterocycles. The number of hydrogen-bond donors (Lipinski definition) is 6. The van der Waals surface area contributed by atoms with Crippen molar-refractivity contribution in [3.63, 3.8) is 0 Å². The van der Waals surface area contributed by atoms with Crippen LogP contribution in [-0.2, 0) is 0 Å². The van der Waals surface area contributed by atoms with E-state index in [1.54, 1.807) is 19.9 Å². The topological polar surface area (TPSA) is 223 Å². The molecule has 0 bridgehead atoms. The first-order valence-electron chi connectivity index (χ1n) is 13.9. The van der Waals surface area contributed by atoms with Crippen molar-refractivity contribution in [2.75, 3.05) is 6.54 Å². The monoisotopic (exact) mass is 727 g/mol. The number of nitrogen functional groups attached to an aromatic ring is 1. The van der Waals surface area contributed by atoms with E-state index in [0.717, 1.165) is 36.4 Å². The molecule has 4 rings (SSSR count). The standard InChI is InChI=1S/C16H13F3N2O4.C8H7F3N2O2.C7H7NO3/c1-9-2-7-12(15(24)21-9)14(23)20-8-13(22)10-3-5-11(6-4-10)25-16(17,18)19;9-8(10,11)15-6-3-1-5(2-4-6)7(14)13-12;1-4-2-3-5(7(10)11)6(9)8-4/h2-7H,8H2,1H3,(H,20,23)(H,21,24);1-4H,12H2,(H,13,14);2-3H,1H3,(H,8,9)(H,10,11). The van der Waals surface area contributed by atoms with Gasteiger partial charge in [-0.3, -0.25) is 29.4 Å². The van der Waals surface area contributed by atoms with Gasteiger partial charge < -0.3 is 29.9 Å². The molecule has 2 aromatic carbocycles. The number of hydrazine groups is 1. The number of alkyl halides is 6. The highest BCUT2D eigenvalue weighted by Crippen LogP contribution is 2.23. The molecule has 0 radical (unpaired) electrons. The van der Waals surface area contributed by atoms with Crippen molar-refractivity contribution in [1.29, 1.82) is 0 Å². The highest BCUT2D eigenvalue weighted by Gasteiger charge is 2.31. The van der Waals surface area contributed by atoms with Gasteiger partial charge in [-0.15, -0.1) is 26.3 Å². The summed E-state index contributed by atoms with van der Waals surface area (Å²) in [5.41, 5.74) is 1.80. The minimum Gasteiger partial charge on any atom is -0.477 e. The number of aromatic nitrogens is 2. The van der Waals surface area contributed by atoms with Crippen LogP contribution >= 0.6 is 0 Å². The normalized spacial score (nSPS) is 10.7. The lowest BCUT2D eigenvalue weighted by atomic mass is 10.1. The van der Waals surface area contributed by atoms with Crippen LogP contribution in [-0.4, -0.2) is 57.9 Å². The van der Waals surface area contributed by atoms with Crippen LogP contribution in [0.2, 0.25) is 0 Å². The van der Waals surface area contributed by atoms with E-state index in [4.69, 9.17) is 10.9 Å². The van der Waals surface area contributed by atoms with Gasteiger partial charge in [0.1, 0.15) is 22.6 Å². The van der Waals surface area contributed by atoms with Crippen molar-refractivity contribution in [2.24, 2.45) is 5.84 Å². The number of amides is 2. The SMILES string of the molecule is Cc1ccc(C(=O)NCC(=O)c2ccc(OC(F)(F)F)cc2)c(=O)[nH]1.Cc1ccc(C(=O)O)c(=O)[nH]1.NNC(=O)c1ccc(OC(F)(F)F)cc1. The van der Waals surface area contributed by atoms with Gasteiger partial charge in [0.15, 0.2) is 5.78 Å². The number of H-pyrrole nitrogens is 2. The molecule has 51 heavy (non-hydrogen) atoms. The number of carbonyl (C=O) groups is 4. The number of aromatic carboxylic acids is 1. The lowest BCUT2D eigenvalue weighted by Gasteiger charge is -2.09. The zero-order chi connectivity index (χ0) is 38.5. The second-order valence-electron chi connectivity index (χ2n) is 9.80. The first-order chi connectivity index (χ1) is 23.7. The number of ether oxygens (including phenoxy) is 2. The molecule has 0 fully saturated rings. The van der Waals surface area contributed by atoms with E-state index in [1.165, 1.54) is 30.3 Å². The van der Waals surface area contributed by atoms with E-state index < -0.39 is 65.5 Å². The van der Waals surface area contributed by atoms with E-state index in [2.05, 4.69) is 24.8 Å². The molecule has 0 aliphatic heterocycles. The highest BCUT2D eigenvalue weighted by molar-refractivity contribution is 6.02. The summed E-state index contributed by atoms with van der Waals surface area (Å²) >= 11 is 0. The van der Waals surface area contributed by atoms with E-state index >= 15 is 0 Å². The summed E-state index contributed by atoms with van der Waals surface area (Å²) in [4.78, 5) is 72.4. The van der Waals surface area contributed by atoms with Crippen LogP contribution in [0.25, 0.3) is 0 Å². The number of halogens is 6. The molecular weight excluding hydrogens is 700 g/mol. The van der Waals surface area contributed by atoms with E-state index in [1.807, 2.05) is 5.43 Å². The number of Topliss-reactive ketones (excluding diaryl/α,β-unsaturated/α-hetero) is 1. The molecule has 2 amide bonds. The van der Waals surface area contributed by atoms with Crippen LogP contribution in [0.4, 0.5) is 26.3 Å². The molecule has 0 saturated carbocycles. The summed E-state index contributed by atoms with van der Waals surface area (Å²) in [6.45, 7) is 2.93. The summed E-state index contributed by atoms with van der Waals surface area (Å²) in [7, 11) is 0. The second kappa shape index (κ2) is 17.8. The lowest BCUT2D eigenvalue weighted by Crippen LogP contribution is -2.33. The molecular formula is C31H27F6N5O9. The van der Waals surface area contributed by atoms with Crippen LogP contribution in [0.5, 0.6) is 11.5 Å². The second-order valence-corrected chi connectivity index (χ2v) is 9.80. The van der Waals surface area contributed by atoms with Crippen LogP contribution in [0, 0.1) is 13.8 Å². The summed E-state index contributed by atoms with van der Waals surface area (Å²) in [5.74, 6) is 0.928. The molecule has 0 atom stereocenters. The number of aromatic amines is 2. The van der Waals surface area contributed by atoms with Gasteiger partial charge in [-0.2, -0.15) is 0 Å². The Morgan fingerprint density at radius 2 is 1.08 bits per heavy atom. The summed E-state index contributed by atoms with van der Waals surface area (Å²) in [6.07, 6.45) is -9.56. The Labute approximate surface area is 282 Å². The molecule has 0 aliphatic carbocycles. The molecule has 20 heteroatoms. The first kappa shape index (κ1) is 40.7. The maximum Gasteiger partial charge on any atom is 0.573 e. The Kier molecular flexibility index (Phi) is 14.2. The number of rotatable bonds is 8. The first-order valence-corrected chi connectivity index (χ1v) is 13.9. The number of carboxylic acid groups (broad SMARTS) is 1. The number of nitrogens with two attached hydrogens (primary N) is 1. The van der Waals surface area contributed by atoms with E-state index in [0.29, 0.717) is 11.4 Å². The molecule has 4 aromatic rings. The fourth-order valence-electron chi connectivity index (χ4n) is 3.58. The molecule has 0 unspecified atom stereocenters. The van der Waals surface area contributed by atoms with Crippen LogP contribution in [0.1, 0.15) is 52.8 Å². The fourth-order valence-corrected chi connectivity index (χ4v) is 3.58. The summed E-state index contributed by atoms with van der Waals surface area (Å²) in [6, 6.07) is 14.4. The average molecular weight is 728 g/mol. The van der Waals surface area contributed by atoms with Crippen LogP contribution < -0.4 is 37.2 Å².